The van der Waals surface area contributed by atoms with Crippen LogP contribution < -0.4 is 4.74 Å². The Kier molecular flexibility index (Phi) is 3.34. The quantitative estimate of drug-likeness (QED) is 0.718. The van der Waals surface area contributed by atoms with Crippen LogP contribution >= 0.6 is 11.8 Å². The van der Waals surface area contributed by atoms with Crippen molar-refractivity contribution in [3.8, 4) is 6.01 Å². The van der Waals surface area contributed by atoms with Gasteiger partial charge in [-0.2, -0.15) is 16.7 Å². The van der Waals surface area contributed by atoms with Crippen LogP contribution in [0, 0.1) is 0 Å². The van der Waals surface area contributed by atoms with Crippen LogP contribution in [-0.2, 0) is 0 Å². The van der Waals surface area contributed by atoms with Gasteiger partial charge in [-0.15, -0.1) is 0 Å². The Morgan fingerprint density at radius 3 is 2.92 bits per heavy atom. The van der Waals surface area contributed by atoms with Gasteiger partial charge in [0.05, 0.1) is 12.8 Å². The standard InChI is InChI=1S/C8H12N2OS/c1-6(12-3)7-4-5-9-8(10-7)11-2/h4-6H,1-3H3. The summed E-state index contributed by atoms with van der Waals surface area (Å²) in [5.74, 6) is 0. The Labute approximate surface area is 76.6 Å². The van der Waals surface area contributed by atoms with Crippen molar-refractivity contribution in [3.05, 3.63) is 18.0 Å². The van der Waals surface area contributed by atoms with E-state index in [1.54, 1.807) is 25.1 Å². The zero-order chi connectivity index (χ0) is 8.97. The lowest BCUT2D eigenvalue weighted by Crippen LogP contribution is -1.97. The normalized spacial score (nSPS) is 12.6. The topological polar surface area (TPSA) is 35.0 Å². The maximum absolute atomic E-state index is 4.92. The van der Waals surface area contributed by atoms with Crippen LogP contribution in [0.15, 0.2) is 12.3 Å². The second-order valence-electron chi connectivity index (χ2n) is 2.35. The first-order chi connectivity index (χ1) is 5.77. The minimum Gasteiger partial charge on any atom is -0.467 e. The van der Waals surface area contributed by atoms with E-state index in [2.05, 4.69) is 23.1 Å². The highest BCUT2D eigenvalue weighted by atomic mass is 32.2. The third kappa shape index (κ3) is 2.11. The van der Waals surface area contributed by atoms with Gasteiger partial charge in [0.25, 0.3) is 0 Å². The van der Waals surface area contributed by atoms with E-state index in [4.69, 9.17) is 4.74 Å². The summed E-state index contributed by atoms with van der Waals surface area (Å²) < 4.78 is 4.92. The molecule has 1 rings (SSSR count). The first kappa shape index (κ1) is 9.32. The first-order valence-corrected chi connectivity index (χ1v) is 4.96. The van der Waals surface area contributed by atoms with E-state index in [0.29, 0.717) is 11.3 Å². The van der Waals surface area contributed by atoms with E-state index in [0.717, 1.165) is 5.69 Å². The molecule has 0 saturated heterocycles. The fourth-order valence-corrected chi connectivity index (χ4v) is 1.17. The molecule has 0 aromatic carbocycles. The van der Waals surface area contributed by atoms with Crippen molar-refractivity contribution in [2.45, 2.75) is 12.2 Å². The molecule has 0 aliphatic carbocycles. The first-order valence-electron chi connectivity index (χ1n) is 3.67. The van der Waals surface area contributed by atoms with Crippen molar-refractivity contribution >= 4 is 11.8 Å². The second kappa shape index (κ2) is 4.30. The van der Waals surface area contributed by atoms with Crippen LogP contribution in [0.3, 0.4) is 0 Å². The number of nitrogens with zero attached hydrogens (tertiary/aromatic N) is 2. The van der Waals surface area contributed by atoms with Gasteiger partial charge in [-0.3, -0.25) is 0 Å². The maximum atomic E-state index is 4.92. The minimum atomic E-state index is 0.391. The average Bonchev–Trinajstić information content (AvgIpc) is 2.17. The number of hydrogen-bond donors (Lipinski definition) is 0. The number of hydrogen-bond acceptors (Lipinski definition) is 4. The van der Waals surface area contributed by atoms with Gasteiger partial charge < -0.3 is 4.74 Å². The molecule has 0 bridgehead atoms. The molecule has 1 unspecified atom stereocenters. The fraction of sp³-hybridized carbons (Fsp3) is 0.500. The highest BCUT2D eigenvalue weighted by Gasteiger charge is 2.05. The van der Waals surface area contributed by atoms with Gasteiger partial charge in [-0.25, -0.2) is 4.98 Å². The van der Waals surface area contributed by atoms with Crippen molar-refractivity contribution in [2.24, 2.45) is 0 Å². The Bertz CT molecular complexity index is 255. The minimum absolute atomic E-state index is 0.391. The van der Waals surface area contributed by atoms with E-state index in [-0.39, 0.29) is 0 Å². The molecule has 12 heavy (non-hydrogen) atoms. The fourth-order valence-electron chi connectivity index (χ4n) is 0.799. The molecule has 0 radical (unpaired) electrons. The number of thioether (sulfide) groups is 1. The van der Waals surface area contributed by atoms with E-state index in [1.807, 2.05) is 6.07 Å². The molecule has 0 spiro atoms. The van der Waals surface area contributed by atoms with Gasteiger partial charge in [-0.05, 0) is 19.2 Å². The molecular weight excluding hydrogens is 172 g/mol. The zero-order valence-electron chi connectivity index (χ0n) is 7.44. The van der Waals surface area contributed by atoms with Crippen LogP contribution in [0.5, 0.6) is 6.01 Å². The van der Waals surface area contributed by atoms with Crippen LogP contribution in [-0.4, -0.2) is 23.3 Å². The number of aromatic nitrogens is 2. The lowest BCUT2D eigenvalue weighted by molar-refractivity contribution is 0.378. The predicted molar refractivity (Wildman–Crippen MR) is 50.5 cm³/mol. The van der Waals surface area contributed by atoms with Crippen LogP contribution in [0.1, 0.15) is 17.9 Å². The van der Waals surface area contributed by atoms with Crippen molar-refractivity contribution in [1.82, 2.24) is 9.97 Å². The van der Waals surface area contributed by atoms with E-state index >= 15 is 0 Å². The molecule has 0 aliphatic rings. The number of methoxy groups -OCH3 is 1. The van der Waals surface area contributed by atoms with Crippen molar-refractivity contribution in [2.75, 3.05) is 13.4 Å². The maximum Gasteiger partial charge on any atom is 0.316 e. The third-order valence-electron chi connectivity index (χ3n) is 1.61. The van der Waals surface area contributed by atoms with Gasteiger partial charge >= 0.3 is 6.01 Å². The largest absolute Gasteiger partial charge is 0.467 e. The smallest absolute Gasteiger partial charge is 0.316 e. The third-order valence-corrected chi connectivity index (χ3v) is 2.56. The lowest BCUT2D eigenvalue weighted by Gasteiger charge is -2.07. The summed E-state index contributed by atoms with van der Waals surface area (Å²) in [4.78, 5) is 8.14. The molecule has 0 saturated carbocycles. The summed E-state index contributed by atoms with van der Waals surface area (Å²) in [7, 11) is 1.57. The van der Waals surface area contributed by atoms with Gasteiger partial charge in [-0.1, -0.05) is 0 Å². The van der Waals surface area contributed by atoms with E-state index in [9.17, 15) is 0 Å². The SMILES string of the molecule is COc1nccc(C(C)SC)n1. The number of rotatable bonds is 3. The molecule has 1 heterocycles. The summed E-state index contributed by atoms with van der Waals surface area (Å²) in [6.45, 7) is 2.10. The van der Waals surface area contributed by atoms with Crippen molar-refractivity contribution < 1.29 is 4.74 Å². The molecule has 1 aromatic rings. The molecule has 1 atom stereocenters. The summed E-state index contributed by atoms with van der Waals surface area (Å²) in [5.41, 5.74) is 1.01. The van der Waals surface area contributed by atoms with Crippen molar-refractivity contribution in [1.29, 1.82) is 0 Å². The molecule has 0 amide bonds. The van der Waals surface area contributed by atoms with Crippen LogP contribution in [0.4, 0.5) is 0 Å². The van der Waals surface area contributed by atoms with Gasteiger partial charge in [0.1, 0.15) is 0 Å². The molecule has 66 valence electrons. The molecule has 1 aromatic heterocycles. The van der Waals surface area contributed by atoms with Gasteiger partial charge in [0.2, 0.25) is 0 Å². The second-order valence-corrected chi connectivity index (χ2v) is 3.52. The summed E-state index contributed by atoms with van der Waals surface area (Å²) >= 11 is 1.75. The molecule has 4 heteroatoms. The van der Waals surface area contributed by atoms with E-state index in [1.165, 1.54) is 0 Å². The Hall–Kier alpha value is -0.770. The Morgan fingerprint density at radius 1 is 1.58 bits per heavy atom. The lowest BCUT2D eigenvalue weighted by atomic mass is 10.3. The molecule has 0 aliphatic heterocycles. The monoisotopic (exact) mass is 184 g/mol. The molecule has 0 fully saturated rings. The summed E-state index contributed by atoms with van der Waals surface area (Å²) in [5, 5.41) is 0.391. The predicted octanol–water partition coefficient (Wildman–Crippen LogP) is 1.91. The van der Waals surface area contributed by atoms with Crippen molar-refractivity contribution in [3.63, 3.8) is 0 Å². The van der Waals surface area contributed by atoms with Gasteiger partial charge in [0.15, 0.2) is 0 Å². The molecular formula is C8H12N2OS. The zero-order valence-corrected chi connectivity index (χ0v) is 8.26. The highest BCUT2D eigenvalue weighted by Crippen LogP contribution is 2.23. The Balaban J connectivity index is 2.86. The molecule has 0 N–H and O–H groups in total. The van der Waals surface area contributed by atoms with Gasteiger partial charge in [0, 0.05) is 11.4 Å². The summed E-state index contributed by atoms with van der Waals surface area (Å²) in [6.07, 6.45) is 3.77. The number of ether oxygens (including phenoxy) is 1. The average molecular weight is 184 g/mol. The summed E-state index contributed by atoms with van der Waals surface area (Å²) in [6, 6.07) is 2.34. The highest BCUT2D eigenvalue weighted by molar-refractivity contribution is 7.98. The van der Waals surface area contributed by atoms with Crippen LogP contribution in [0.2, 0.25) is 0 Å². The molecule has 3 nitrogen and oxygen atoms in total. The Morgan fingerprint density at radius 2 is 2.33 bits per heavy atom. The van der Waals surface area contributed by atoms with Crippen LogP contribution in [0.25, 0.3) is 0 Å². The van der Waals surface area contributed by atoms with E-state index < -0.39 is 0 Å².